The van der Waals surface area contributed by atoms with Crippen LogP contribution in [0.1, 0.15) is 28.9 Å². The van der Waals surface area contributed by atoms with Gasteiger partial charge in [0.05, 0.1) is 24.7 Å². The van der Waals surface area contributed by atoms with Crippen LogP contribution < -0.4 is 4.74 Å². The number of aliphatic hydroxyl groups excluding tert-OH is 1. The highest BCUT2D eigenvalue weighted by atomic mass is 16.5. The third kappa shape index (κ3) is 4.36. The Kier molecular flexibility index (Phi) is 6.37. The molecule has 1 aliphatic rings. The Labute approximate surface area is 178 Å². The van der Waals surface area contributed by atoms with E-state index in [-0.39, 0.29) is 6.61 Å². The molecule has 1 saturated heterocycles. The minimum Gasteiger partial charge on any atom is -0.496 e. The van der Waals surface area contributed by atoms with E-state index in [9.17, 15) is 5.11 Å². The van der Waals surface area contributed by atoms with Gasteiger partial charge in [0.15, 0.2) is 0 Å². The number of rotatable bonds is 7. The number of hydrogen-bond donors (Lipinski definition) is 2. The Hall–Kier alpha value is -2.41. The van der Waals surface area contributed by atoms with Gasteiger partial charge in [-0.15, -0.1) is 0 Å². The molecule has 0 aliphatic carbocycles. The Balaban J connectivity index is 1.44. The molecule has 1 aliphatic heterocycles. The maximum atomic E-state index is 9.66. The zero-order chi connectivity index (χ0) is 21.1. The minimum atomic E-state index is 0.209. The zero-order valence-electron chi connectivity index (χ0n) is 18.2. The van der Waals surface area contributed by atoms with Crippen LogP contribution in [0.3, 0.4) is 0 Å². The maximum Gasteiger partial charge on any atom is 0.122 e. The molecule has 6 nitrogen and oxygen atoms in total. The average molecular weight is 409 g/mol. The van der Waals surface area contributed by atoms with Crippen LogP contribution in [-0.2, 0) is 13.1 Å². The second-order valence-corrected chi connectivity index (χ2v) is 8.25. The van der Waals surface area contributed by atoms with Gasteiger partial charge in [0, 0.05) is 38.8 Å². The second kappa shape index (κ2) is 9.16. The first kappa shape index (κ1) is 20.8. The lowest BCUT2D eigenvalue weighted by Crippen LogP contribution is -2.52. The number of aromatic nitrogens is 2. The van der Waals surface area contributed by atoms with E-state index in [2.05, 4.69) is 46.8 Å². The van der Waals surface area contributed by atoms with Gasteiger partial charge in [-0.1, -0.05) is 18.2 Å². The number of methoxy groups -OCH3 is 1. The summed E-state index contributed by atoms with van der Waals surface area (Å²) in [5.41, 5.74) is 5.94. The number of H-pyrrole nitrogens is 1. The van der Waals surface area contributed by atoms with Crippen LogP contribution in [0.2, 0.25) is 0 Å². The molecule has 6 heteroatoms. The van der Waals surface area contributed by atoms with Crippen LogP contribution in [0, 0.1) is 13.8 Å². The molecule has 1 aromatic heterocycles. The molecular weight excluding hydrogens is 376 g/mol. The molecule has 4 rings (SSSR count). The van der Waals surface area contributed by atoms with Gasteiger partial charge in [-0.05, 0) is 55.2 Å². The number of piperazine rings is 1. The van der Waals surface area contributed by atoms with Gasteiger partial charge in [0.25, 0.3) is 0 Å². The summed E-state index contributed by atoms with van der Waals surface area (Å²) in [6, 6.07) is 12.7. The zero-order valence-corrected chi connectivity index (χ0v) is 18.2. The number of imidazole rings is 1. The molecule has 0 unspecified atom stereocenters. The highest BCUT2D eigenvalue weighted by molar-refractivity contribution is 5.74. The highest BCUT2D eigenvalue weighted by Crippen LogP contribution is 2.26. The van der Waals surface area contributed by atoms with Gasteiger partial charge in [-0.2, -0.15) is 0 Å². The lowest BCUT2D eigenvalue weighted by Gasteiger charge is -2.41. The molecule has 30 heavy (non-hydrogen) atoms. The van der Waals surface area contributed by atoms with Gasteiger partial charge in [0.1, 0.15) is 11.6 Å². The summed E-state index contributed by atoms with van der Waals surface area (Å²) in [5.74, 6) is 1.95. The lowest BCUT2D eigenvalue weighted by atomic mass is 10.00. The third-order valence-corrected chi connectivity index (χ3v) is 6.41. The lowest BCUT2D eigenvalue weighted by molar-refractivity contribution is 0.0488. The van der Waals surface area contributed by atoms with Crippen molar-refractivity contribution in [3.8, 4) is 5.75 Å². The normalized spacial score (nSPS) is 18.2. The first-order valence-corrected chi connectivity index (χ1v) is 10.7. The van der Waals surface area contributed by atoms with E-state index in [0.29, 0.717) is 6.04 Å². The molecular formula is C24H32N4O2. The quantitative estimate of drug-likeness (QED) is 0.628. The van der Waals surface area contributed by atoms with E-state index in [4.69, 9.17) is 9.72 Å². The number of para-hydroxylation sites is 2. The van der Waals surface area contributed by atoms with Crippen molar-refractivity contribution in [3.63, 3.8) is 0 Å². The fraction of sp³-hybridized carbons (Fsp3) is 0.458. The van der Waals surface area contributed by atoms with E-state index in [1.807, 2.05) is 18.2 Å². The van der Waals surface area contributed by atoms with E-state index >= 15 is 0 Å². The molecule has 0 amide bonds. The molecule has 0 radical (unpaired) electrons. The maximum absolute atomic E-state index is 9.66. The summed E-state index contributed by atoms with van der Waals surface area (Å²) in [6.07, 6.45) is 0.783. The molecule has 2 N–H and O–H groups in total. The molecule has 2 heterocycles. The van der Waals surface area contributed by atoms with Crippen LogP contribution in [0.4, 0.5) is 0 Å². The first-order valence-electron chi connectivity index (χ1n) is 10.7. The summed E-state index contributed by atoms with van der Waals surface area (Å²) in [5, 5.41) is 9.66. The van der Waals surface area contributed by atoms with E-state index < -0.39 is 0 Å². The molecule has 0 bridgehead atoms. The number of benzene rings is 2. The minimum absolute atomic E-state index is 0.209. The highest BCUT2D eigenvalue weighted by Gasteiger charge is 2.27. The molecule has 0 spiro atoms. The van der Waals surface area contributed by atoms with Crippen molar-refractivity contribution in [2.45, 2.75) is 39.4 Å². The van der Waals surface area contributed by atoms with Crippen LogP contribution in [-0.4, -0.2) is 64.3 Å². The Bertz CT molecular complexity index is 967. The van der Waals surface area contributed by atoms with Crippen LogP contribution in [0.25, 0.3) is 11.0 Å². The van der Waals surface area contributed by atoms with E-state index in [1.165, 1.54) is 16.7 Å². The van der Waals surface area contributed by atoms with Crippen molar-refractivity contribution >= 4 is 11.0 Å². The average Bonchev–Trinajstić information content (AvgIpc) is 3.16. The fourth-order valence-corrected chi connectivity index (χ4v) is 4.49. The fourth-order valence-electron chi connectivity index (χ4n) is 4.49. The van der Waals surface area contributed by atoms with Gasteiger partial charge < -0.3 is 14.8 Å². The Morgan fingerprint density at radius 2 is 1.93 bits per heavy atom. The van der Waals surface area contributed by atoms with Crippen LogP contribution in [0.5, 0.6) is 5.75 Å². The monoisotopic (exact) mass is 408 g/mol. The SMILES string of the molecule is COc1ccc(CN2CCN(Cc3nc4ccccc4[nH]3)C[C@@H]2CCO)c(C)c1C. The predicted molar refractivity (Wildman–Crippen MR) is 120 cm³/mol. The predicted octanol–water partition coefficient (Wildman–Crippen LogP) is 3.26. The molecule has 2 aromatic carbocycles. The summed E-state index contributed by atoms with van der Waals surface area (Å²) in [6.45, 7) is 9.12. The third-order valence-electron chi connectivity index (χ3n) is 6.41. The van der Waals surface area contributed by atoms with E-state index in [0.717, 1.165) is 61.8 Å². The Morgan fingerprint density at radius 1 is 1.10 bits per heavy atom. The number of hydrogen-bond acceptors (Lipinski definition) is 5. The number of nitrogens with zero attached hydrogens (tertiary/aromatic N) is 3. The molecule has 160 valence electrons. The van der Waals surface area contributed by atoms with Gasteiger partial charge >= 0.3 is 0 Å². The van der Waals surface area contributed by atoms with Gasteiger partial charge in [-0.3, -0.25) is 9.80 Å². The van der Waals surface area contributed by atoms with E-state index in [1.54, 1.807) is 7.11 Å². The topological polar surface area (TPSA) is 64.6 Å². The molecule has 1 fully saturated rings. The first-order chi connectivity index (χ1) is 14.6. The smallest absolute Gasteiger partial charge is 0.122 e. The second-order valence-electron chi connectivity index (χ2n) is 8.25. The van der Waals surface area contributed by atoms with Crippen molar-refractivity contribution in [2.75, 3.05) is 33.4 Å². The van der Waals surface area contributed by atoms with Crippen molar-refractivity contribution in [3.05, 3.63) is 58.9 Å². The summed E-state index contributed by atoms with van der Waals surface area (Å²) in [7, 11) is 1.72. The van der Waals surface area contributed by atoms with Crippen molar-refractivity contribution in [1.82, 2.24) is 19.8 Å². The van der Waals surface area contributed by atoms with Crippen LogP contribution >= 0.6 is 0 Å². The molecule has 3 aromatic rings. The van der Waals surface area contributed by atoms with Crippen molar-refractivity contribution < 1.29 is 9.84 Å². The number of aliphatic hydroxyl groups is 1. The summed E-state index contributed by atoms with van der Waals surface area (Å²) in [4.78, 5) is 13.1. The number of fused-ring (bicyclic) bond motifs is 1. The number of nitrogens with one attached hydrogen (secondary N) is 1. The van der Waals surface area contributed by atoms with Crippen molar-refractivity contribution in [1.29, 1.82) is 0 Å². The number of aromatic amines is 1. The standard InChI is InChI=1S/C24H32N4O2/c1-17-18(2)23(30-3)9-8-19(17)14-28-12-11-27(15-20(28)10-13-29)16-24-25-21-6-4-5-7-22(21)26-24/h4-9,20,29H,10-16H2,1-3H3,(H,25,26)/t20-/m0/s1. The largest absolute Gasteiger partial charge is 0.496 e. The summed E-state index contributed by atoms with van der Waals surface area (Å²) >= 11 is 0. The van der Waals surface area contributed by atoms with Gasteiger partial charge in [-0.25, -0.2) is 4.98 Å². The number of ether oxygens (including phenoxy) is 1. The van der Waals surface area contributed by atoms with Crippen molar-refractivity contribution in [2.24, 2.45) is 0 Å². The van der Waals surface area contributed by atoms with Gasteiger partial charge in [0.2, 0.25) is 0 Å². The molecule has 1 atom stereocenters. The summed E-state index contributed by atoms with van der Waals surface area (Å²) < 4.78 is 5.46. The Morgan fingerprint density at radius 3 is 2.70 bits per heavy atom. The molecule has 0 saturated carbocycles. The van der Waals surface area contributed by atoms with Crippen LogP contribution in [0.15, 0.2) is 36.4 Å².